The second-order valence-electron chi connectivity index (χ2n) is 4.94. The number of anilines is 4. The largest absolute Gasteiger partial charge is 0.491 e. The van der Waals surface area contributed by atoms with E-state index in [1.165, 1.54) is 6.20 Å². The Kier molecular flexibility index (Phi) is 4.50. The lowest BCUT2D eigenvalue weighted by Crippen LogP contribution is -2.07. The van der Waals surface area contributed by atoms with E-state index in [0.29, 0.717) is 17.3 Å². The third-order valence-electron chi connectivity index (χ3n) is 3.05. The van der Waals surface area contributed by atoms with Crippen LogP contribution in [0.25, 0.3) is 0 Å². The van der Waals surface area contributed by atoms with Crippen molar-refractivity contribution in [2.24, 2.45) is 0 Å². The third-order valence-corrected chi connectivity index (χ3v) is 3.05. The monoisotopic (exact) mass is 304 g/mol. The summed E-state index contributed by atoms with van der Waals surface area (Å²) in [5.41, 5.74) is 13.5. The van der Waals surface area contributed by atoms with E-state index in [9.17, 15) is 0 Å². The summed E-state index contributed by atoms with van der Waals surface area (Å²) < 4.78 is 10.5. The molecule has 2 aromatic rings. The summed E-state index contributed by atoms with van der Waals surface area (Å²) >= 11 is 0. The van der Waals surface area contributed by atoms with Gasteiger partial charge in [0.2, 0.25) is 5.95 Å². The first kappa shape index (κ1) is 15.6. The molecule has 2 rings (SSSR count). The maximum atomic E-state index is 5.85. The van der Waals surface area contributed by atoms with Gasteiger partial charge in [-0.2, -0.15) is 4.98 Å². The molecule has 0 bridgehead atoms. The average molecular weight is 304 g/mol. The zero-order valence-electron chi connectivity index (χ0n) is 13.0. The molecule has 8 heteroatoms. The SMILES string of the molecule is COc1cc(Nc2cnc(N)nc2N)c(C(C)C)nc1OC. The third kappa shape index (κ3) is 3.11. The summed E-state index contributed by atoms with van der Waals surface area (Å²) in [5, 5.41) is 3.17. The van der Waals surface area contributed by atoms with E-state index in [1.54, 1.807) is 20.3 Å². The summed E-state index contributed by atoms with van der Waals surface area (Å²) in [6, 6.07) is 1.80. The number of nitrogens with zero attached hydrogens (tertiary/aromatic N) is 3. The number of nitrogens with one attached hydrogen (secondary N) is 1. The molecule has 0 aliphatic heterocycles. The van der Waals surface area contributed by atoms with Crippen LogP contribution in [0.1, 0.15) is 25.5 Å². The number of ether oxygens (including phenoxy) is 2. The first-order valence-electron chi connectivity index (χ1n) is 6.74. The molecule has 0 atom stereocenters. The molecular weight excluding hydrogens is 284 g/mol. The highest BCUT2D eigenvalue weighted by Gasteiger charge is 2.16. The van der Waals surface area contributed by atoms with Gasteiger partial charge in [-0.15, -0.1) is 0 Å². The van der Waals surface area contributed by atoms with Crippen molar-refractivity contribution in [1.29, 1.82) is 0 Å². The molecular formula is C14H20N6O2. The van der Waals surface area contributed by atoms with Gasteiger partial charge in [-0.25, -0.2) is 9.97 Å². The Morgan fingerprint density at radius 2 is 1.82 bits per heavy atom. The fourth-order valence-electron chi connectivity index (χ4n) is 1.97. The zero-order valence-corrected chi connectivity index (χ0v) is 13.0. The van der Waals surface area contributed by atoms with Crippen LogP contribution < -0.4 is 26.3 Å². The average Bonchev–Trinajstić information content (AvgIpc) is 2.49. The lowest BCUT2D eigenvalue weighted by molar-refractivity contribution is 0.341. The van der Waals surface area contributed by atoms with E-state index in [0.717, 1.165) is 11.4 Å². The highest BCUT2D eigenvalue weighted by atomic mass is 16.5. The van der Waals surface area contributed by atoms with Gasteiger partial charge in [0.1, 0.15) is 5.69 Å². The Hall–Kier alpha value is -2.77. The molecule has 0 aliphatic carbocycles. The minimum atomic E-state index is 0.123. The minimum absolute atomic E-state index is 0.123. The van der Waals surface area contributed by atoms with Crippen molar-refractivity contribution in [2.45, 2.75) is 19.8 Å². The van der Waals surface area contributed by atoms with Crippen molar-refractivity contribution in [3.05, 3.63) is 18.0 Å². The molecule has 0 saturated heterocycles. The molecule has 2 heterocycles. The van der Waals surface area contributed by atoms with Crippen LogP contribution in [0.4, 0.5) is 23.1 Å². The van der Waals surface area contributed by atoms with Crippen molar-refractivity contribution >= 4 is 23.1 Å². The molecule has 0 unspecified atom stereocenters. The van der Waals surface area contributed by atoms with Crippen LogP contribution in [0.15, 0.2) is 12.3 Å². The molecule has 5 N–H and O–H groups in total. The molecule has 8 nitrogen and oxygen atoms in total. The first-order chi connectivity index (χ1) is 10.5. The highest BCUT2D eigenvalue weighted by Crippen LogP contribution is 2.35. The maximum absolute atomic E-state index is 5.85. The number of aromatic nitrogens is 3. The summed E-state index contributed by atoms with van der Waals surface area (Å²) in [6.07, 6.45) is 1.53. The second-order valence-corrected chi connectivity index (χ2v) is 4.94. The molecule has 0 spiro atoms. The molecule has 0 aromatic carbocycles. The van der Waals surface area contributed by atoms with Gasteiger partial charge in [-0.3, -0.25) is 0 Å². The number of hydrogen-bond acceptors (Lipinski definition) is 8. The van der Waals surface area contributed by atoms with E-state index in [2.05, 4.69) is 20.3 Å². The maximum Gasteiger partial charge on any atom is 0.257 e. The van der Waals surface area contributed by atoms with Gasteiger partial charge in [-0.1, -0.05) is 13.8 Å². The second kappa shape index (κ2) is 6.33. The molecule has 2 aromatic heterocycles. The standard InChI is InChI=1S/C14H20N6O2/c1-7(2)11-8(5-10(21-3)13(19-11)22-4)18-9-6-17-14(16)20-12(9)15/h5-7,18H,1-4H3,(H4,15,16,17,20). The Bertz CT molecular complexity index is 675. The predicted octanol–water partition coefficient (Wildman–Crippen LogP) is 1.92. The van der Waals surface area contributed by atoms with E-state index < -0.39 is 0 Å². The fourth-order valence-corrected chi connectivity index (χ4v) is 1.97. The molecule has 0 amide bonds. The zero-order chi connectivity index (χ0) is 16.3. The van der Waals surface area contributed by atoms with Crippen LogP contribution in [-0.4, -0.2) is 29.2 Å². The lowest BCUT2D eigenvalue weighted by Gasteiger charge is -2.17. The highest BCUT2D eigenvalue weighted by molar-refractivity contribution is 5.72. The summed E-state index contributed by atoms with van der Waals surface area (Å²) in [6.45, 7) is 4.06. The normalized spacial score (nSPS) is 10.6. The van der Waals surface area contributed by atoms with Gasteiger partial charge < -0.3 is 26.3 Å². The van der Waals surface area contributed by atoms with E-state index in [4.69, 9.17) is 20.9 Å². The van der Waals surface area contributed by atoms with Crippen molar-refractivity contribution < 1.29 is 9.47 Å². The molecule has 0 aliphatic rings. The number of pyridine rings is 1. The van der Waals surface area contributed by atoms with Crippen LogP contribution in [0.5, 0.6) is 11.6 Å². The lowest BCUT2D eigenvalue weighted by atomic mass is 10.1. The number of hydrogen-bond donors (Lipinski definition) is 3. The molecule has 0 saturated carbocycles. The molecule has 0 radical (unpaired) electrons. The Morgan fingerprint density at radius 3 is 2.36 bits per heavy atom. The number of nitrogens with two attached hydrogens (primary N) is 2. The van der Waals surface area contributed by atoms with Gasteiger partial charge in [0, 0.05) is 6.07 Å². The fraction of sp³-hybridized carbons (Fsp3) is 0.357. The molecule has 118 valence electrons. The van der Waals surface area contributed by atoms with Gasteiger partial charge in [0.25, 0.3) is 5.88 Å². The topological polar surface area (TPSA) is 121 Å². The smallest absolute Gasteiger partial charge is 0.257 e. The summed E-state index contributed by atoms with van der Waals surface area (Å²) in [7, 11) is 3.10. The quantitative estimate of drug-likeness (QED) is 0.766. The minimum Gasteiger partial charge on any atom is -0.491 e. The van der Waals surface area contributed by atoms with E-state index in [-0.39, 0.29) is 17.7 Å². The predicted molar refractivity (Wildman–Crippen MR) is 85.6 cm³/mol. The van der Waals surface area contributed by atoms with Gasteiger partial charge in [0.15, 0.2) is 11.6 Å². The Labute approximate surface area is 128 Å². The van der Waals surface area contributed by atoms with Crippen molar-refractivity contribution in [1.82, 2.24) is 15.0 Å². The number of nitrogen functional groups attached to an aromatic ring is 2. The van der Waals surface area contributed by atoms with E-state index >= 15 is 0 Å². The van der Waals surface area contributed by atoms with Crippen LogP contribution in [0, 0.1) is 0 Å². The van der Waals surface area contributed by atoms with Crippen LogP contribution in [0.2, 0.25) is 0 Å². The first-order valence-corrected chi connectivity index (χ1v) is 6.74. The van der Waals surface area contributed by atoms with Crippen molar-refractivity contribution in [2.75, 3.05) is 31.0 Å². The van der Waals surface area contributed by atoms with Crippen LogP contribution in [-0.2, 0) is 0 Å². The Balaban J connectivity index is 2.48. The Morgan fingerprint density at radius 1 is 1.09 bits per heavy atom. The van der Waals surface area contributed by atoms with Gasteiger partial charge in [0.05, 0.1) is 31.8 Å². The van der Waals surface area contributed by atoms with Crippen molar-refractivity contribution in [3.8, 4) is 11.6 Å². The van der Waals surface area contributed by atoms with Crippen molar-refractivity contribution in [3.63, 3.8) is 0 Å². The number of methoxy groups -OCH3 is 2. The van der Waals surface area contributed by atoms with E-state index in [1.807, 2.05) is 13.8 Å². The van der Waals surface area contributed by atoms with Gasteiger partial charge >= 0.3 is 0 Å². The van der Waals surface area contributed by atoms with Gasteiger partial charge in [-0.05, 0) is 5.92 Å². The summed E-state index contributed by atoms with van der Waals surface area (Å²) in [5.74, 6) is 1.50. The van der Waals surface area contributed by atoms with Crippen LogP contribution >= 0.6 is 0 Å². The molecule has 22 heavy (non-hydrogen) atoms. The van der Waals surface area contributed by atoms with Crippen LogP contribution in [0.3, 0.4) is 0 Å². The number of rotatable bonds is 5. The summed E-state index contributed by atoms with van der Waals surface area (Å²) in [4.78, 5) is 12.3. The molecule has 0 fully saturated rings.